The van der Waals surface area contributed by atoms with Crippen LogP contribution < -0.4 is 11.3 Å². The van der Waals surface area contributed by atoms with Crippen LogP contribution in [0.5, 0.6) is 0 Å². The van der Waals surface area contributed by atoms with Gasteiger partial charge in [-0.05, 0) is 31.0 Å². The number of rotatable bonds is 5. The van der Waals surface area contributed by atoms with Gasteiger partial charge in [0.25, 0.3) is 0 Å². The van der Waals surface area contributed by atoms with Gasteiger partial charge in [0.15, 0.2) is 0 Å². The van der Waals surface area contributed by atoms with E-state index in [4.69, 9.17) is 10.6 Å². The summed E-state index contributed by atoms with van der Waals surface area (Å²) in [5, 5.41) is 1.14. The van der Waals surface area contributed by atoms with Crippen molar-refractivity contribution < 1.29 is 4.74 Å². The summed E-state index contributed by atoms with van der Waals surface area (Å²) in [6, 6.07) is 10.3. The molecule has 0 aliphatic carbocycles. The van der Waals surface area contributed by atoms with E-state index in [0.717, 1.165) is 22.9 Å². The Labute approximate surface area is 107 Å². The Morgan fingerprint density at radius 3 is 2.94 bits per heavy atom. The number of hydrogen-bond donors (Lipinski definition) is 2. The molecule has 0 bridgehead atoms. The van der Waals surface area contributed by atoms with Crippen LogP contribution in [0.25, 0.3) is 10.9 Å². The van der Waals surface area contributed by atoms with Crippen molar-refractivity contribution in [2.24, 2.45) is 5.84 Å². The summed E-state index contributed by atoms with van der Waals surface area (Å²) < 4.78 is 5.28. The number of fused-ring (bicyclic) bond motifs is 1. The molecule has 3 N–H and O–H groups in total. The average Bonchev–Trinajstić information content (AvgIpc) is 2.44. The monoisotopic (exact) mass is 245 g/mol. The molecular weight excluding hydrogens is 226 g/mol. The smallest absolute Gasteiger partial charge is 0.0705 e. The molecule has 2 unspecified atom stereocenters. The SMILES string of the molecule is COC(C)CC(NN)c1ccc2cccnc2c1. The molecule has 1 aromatic heterocycles. The van der Waals surface area contributed by atoms with Gasteiger partial charge in [-0.2, -0.15) is 0 Å². The van der Waals surface area contributed by atoms with Crippen molar-refractivity contribution in [3.05, 3.63) is 42.1 Å². The summed E-state index contributed by atoms with van der Waals surface area (Å²) in [6.45, 7) is 2.03. The topological polar surface area (TPSA) is 60.2 Å². The Balaban J connectivity index is 2.27. The summed E-state index contributed by atoms with van der Waals surface area (Å²) in [4.78, 5) is 4.36. The number of aromatic nitrogens is 1. The number of ether oxygens (including phenoxy) is 1. The highest BCUT2D eigenvalue weighted by Crippen LogP contribution is 2.22. The second-order valence-corrected chi connectivity index (χ2v) is 4.46. The number of hydrogen-bond acceptors (Lipinski definition) is 4. The summed E-state index contributed by atoms with van der Waals surface area (Å²) in [5.41, 5.74) is 4.96. The van der Waals surface area contributed by atoms with Gasteiger partial charge in [0.2, 0.25) is 0 Å². The summed E-state index contributed by atoms with van der Waals surface area (Å²) in [7, 11) is 1.71. The summed E-state index contributed by atoms with van der Waals surface area (Å²) in [6.07, 6.45) is 2.78. The lowest BCUT2D eigenvalue weighted by atomic mass is 10.0. The standard InChI is InChI=1S/C14H19N3O/c1-10(18-2)8-14(17-15)12-6-5-11-4-3-7-16-13(11)9-12/h3-7,9-10,14,17H,8,15H2,1-2H3. The maximum atomic E-state index is 5.63. The Morgan fingerprint density at radius 2 is 2.22 bits per heavy atom. The van der Waals surface area contributed by atoms with E-state index in [1.807, 2.05) is 13.0 Å². The number of nitrogens with zero attached hydrogens (tertiary/aromatic N) is 1. The molecule has 2 rings (SSSR count). The van der Waals surface area contributed by atoms with Crippen LogP contribution in [0.2, 0.25) is 0 Å². The quantitative estimate of drug-likeness (QED) is 0.626. The molecule has 4 heteroatoms. The third kappa shape index (κ3) is 2.85. The highest BCUT2D eigenvalue weighted by Gasteiger charge is 2.14. The molecule has 2 aromatic rings. The Hall–Kier alpha value is -1.49. The zero-order valence-electron chi connectivity index (χ0n) is 10.8. The van der Waals surface area contributed by atoms with E-state index in [0.29, 0.717) is 0 Å². The first-order valence-electron chi connectivity index (χ1n) is 6.08. The zero-order valence-corrected chi connectivity index (χ0v) is 10.8. The fraction of sp³-hybridized carbons (Fsp3) is 0.357. The van der Waals surface area contributed by atoms with Gasteiger partial charge in [-0.15, -0.1) is 0 Å². The minimum absolute atomic E-state index is 0.0753. The second kappa shape index (κ2) is 5.91. The molecule has 1 aromatic carbocycles. The molecule has 0 fully saturated rings. The molecule has 96 valence electrons. The van der Waals surface area contributed by atoms with E-state index >= 15 is 0 Å². The molecule has 0 saturated heterocycles. The lowest BCUT2D eigenvalue weighted by Gasteiger charge is -2.20. The Kier molecular flexibility index (Phi) is 4.25. The van der Waals surface area contributed by atoms with E-state index in [-0.39, 0.29) is 12.1 Å². The summed E-state index contributed by atoms with van der Waals surface area (Å²) in [5.74, 6) is 5.63. The van der Waals surface area contributed by atoms with Gasteiger partial charge < -0.3 is 4.74 Å². The fourth-order valence-electron chi connectivity index (χ4n) is 2.03. The molecule has 18 heavy (non-hydrogen) atoms. The van der Waals surface area contributed by atoms with Crippen molar-refractivity contribution in [3.63, 3.8) is 0 Å². The first-order valence-corrected chi connectivity index (χ1v) is 6.08. The van der Waals surface area contributed by atoms with Crippen molar-refractivity contribution in [1.82, 2.24) is 10.4 Å². The maximum Gasteiger partial charge on any atom is 0.0705 e. The van der Waals surface area contributed by atoms with E-state index < -0.39 is 0 Å². The largest absolute Gasteiger partial charge is 0.382 e. The zero-order chi connectivity index (χ0) is 13.0. The van der Waals surface area contributed by atoms with E-state index in [9.17, 15) is 0 Å². The lowest BCUT2D eigenvalue weighted by Crippen LogP contribution is -2.30. The molecule has 0 amide bonds. The summed E-state index contributed by atoms with van der Waals surface area (Å²) >= 11 is 0. The fourth-order valence-corrected chi connectivity index (χ4v) is 2.03. The molecule has 0 saturated carbocycles. The van der Waals surface area contributed by atoms with Crippen LogP contribution >= 0.6 is 0 Å². The molecule has 2 atom stereocenters. The molecular formula is C14H19N3O. The molecule has 0 radical (unpaired) electrons. The molecule has 0 aliphatic heterocycles. The third-order valence-electron chi connectivity index (χ3n) is 3.20. The van der Waals surface area contributed by atoms with E-state index in [2.05, 4.69) is 34.7 Å². The average molecular weight is 245 g/mol. The van der Waals surface area contributed by atoms with Crippen LogP contribution in [-0.2, 0) is 4.74 Å². The van der Waals surface area contributed by atoms with Gasteiger partial charge in [0.1, 0.15) is 0 Å². The van der Waals surface area contributed by atoms with Gasteiger partial charge in [-0.25, -0.2) is 0 Å². The Bertz CT molecular complexity index is 515. The van der Waals surface area contributed by atoms with Crippen LogP contribution in [0.1, 0.15) is 24.9 Å². The molecule has 1 heterocycles. The van der Waals surface area contributed by atoms with Crippen LogP contribution in [-0.4, -0.2) is 18.2 Å². The van der Waals surface area contributed by atoms with Crippen molar-refractivity contribution in [1.29, 1.82) is 0 Å². The predicted octanol–water partition coefficient (Wildman–Crippen LogP) is 2.16. The lowest BCUT2D eigenvalue weighted by molar-refractivity contribution is 0.100. The minimum atomic E-state index is 0.0753. The van der Waals surface area contributed by atoms with Crippen molar-refractivity contribution in [3.8, 4) is 0 Å². The molecule has 0 aliphatic rings. The van der Waals surface area contributed by atoms with Crippen LogP contribution in [0, 0.1) is 0 Å². The number of methoxy groups -OCH3 is 1. The van der Waals surface area contributed by atoms with Crippen molar-refractivity contribution >= 4 is 10.9 Å². The van der Waals surface area contributed by atoms with E-state index in [1.54, 1.807) is 13.3 Å². The molecule has 0 spiro atoms. The van der Waals surface area contributed by atoms with Gasteiger partial charge in [0, 0.05) is 24.7 Å². The van der Waals surface area contributed by atoms with Gasteiger partial charge in [-0.1, -0.05) is 18.2 Å². The van der Waals surface area contributed by atoms with Crippen LogP contribution in [0.3, 0.4) is 0 Å². The number of nitrogens with two attached hydrogens (primary N) is 1. The number of benzene rings is 1. The highest BCUT2D eigenvalue weighted by atomic mass is 16.5. The van der Waals surface area contributed by atoms with Crippen LogP contribution in [0.4, 0.5) is 0 Å². The highest BCUT2D eigenvalue weighted by molar-refractivity contribution is 5.78. The first kappa shape index (κ1) is 13.0. The van der Waals surface area contributed by atoms with Gasteiger partial charge in [0.05, 0.1) is 11.6 Å². The van der Waals surface area contributed by atoms with Gasteiger partial charge >= 0.3 is 0 Å². The second-order valence-electron chi connectivity index (χ2n) is 4.46. The maximum absolute atomic E-state index is 5.63. The Morgan fingerprint density at radius 1 is 1.39 bits per heavy atom. The number of pyridine rings is 1. The predicted molar refractivity (Wildman–Crippen MR) is 72.9 cm³/mol. The third-order valence-corrected chi connectivity index (χ3v) is 3.20. The van der Waals surface area contributed by atoms with Gasteiger partial charge in [-0.3, -0.25) is 16.3 Å². The van der Waals surface area contributed by atoms with E-state index in [1.165, 1.54) is 0 Å². The van der Waals surface area contributed by atoms with Crippen molar-refractivity contribution in [2.45, 2.75) is 25.5 Å². The normalized spacial score (nSPS) is 14.6. The molecule has 4 nitrogen and oxygen atoms in total. The van der Waals surface area contributed by atoms with Crippen LogP contribution in [0.15, 0.2) is 36.5 Å². The first-order chi connectivity index (χ1) is 8.74. The minimum Gasteiger partial charge on any atom is -0.382 e. The number of nitrogens with one attached hydrogen (secondary N) is 1. The number of hydrazine groups is 1. The van der Waals surface area contributed by atoms with Crippen molar-refractivity contribution in [2.75, 3.05) is 7.11 Å².